The Kier molecular flexibility index (Phi) is 4.36. The predicted octanol–water partition coefficient (Wildman–Crippen LogP) is 4.02. The summed E-state index contributed by atoms with van der Waals surface area (Å²) >= 11 is 0. The van der Waals surface area contributed by atoms with E-state index < -0.39 is 0 Å². The van der Waals surface area contributed by atoms with Crippen LogP contribution in [0.15, 0.2) is 54.6 Å². The number of benzene rings is 2. The second kappa shape index (κ2) is 6.20. The Hall–Kier alpha value is -2.35. The van der Waals surface area contributed by atoms with Crippen LogP contribution in [0.3, 0.4) is 0 Å². The Labute approximate surface area is 119 Å². The predicted molar refractivity (Wildman–Crippen MR) is 81.9 cm³/mol. The molecule has 0 spiro atoms. The Balaban J connectivity index is 2.47. The maximum absolute atomic E-state index is 11.5. The molecule has 102 valence electrons. The van der Waals surface area contributed by atoms with Gasteiger partial charge in [0.25, 0.3) is 0 Å². The fourth-order valence-corrected chi connectivity index (χ4v) is 2.04. The molecule has 20 heavy (non-hydrogen) atoms. The van der Waals surface area contributed by atoms with Gasteiger partial charge in [0.15, 0.2) is 5.78 Å². The van der Waals surface area contributed by atoms with Gasteiger partial charge in [0.1, 0.15) is 5.75 Å². The summed E-state index contributed by atoms with van der Waals surface area (Å²) in [6.07, 6.45) is 1.67. The minimum atomic E-state index is 0.0383. The molecule has 2 aromatic rings. The summed E-state index contributed by atoms with van der Waals surface area (Å²) in [6, 6.07) is 15.9. The quantitative estimate of drug-likeness (QED) is 0.781. The fraction of sp³-hybridized carbons (Fsp3) is 0.167. The number of ketones is 1. The number of hydrogen-bond acceptors (Lipinski definition) is 2. The Morgan fingerprint density at radius 1 is 0.950 bits per heavy atom. The van der Waals surface area contributed by atoms with Crippen LogP contribution in [-0.4, -0.2) is 12.9 Å². The van der Waals surface area contributed by atoms with Crippen molar-refractivity contribution in [2.75, 3.05) is 7.11 Å². The molecule has 0 atom stereocenters. The van der Waals surface area contributed by atoms with Crippen molar-refractivity contribution in [3.63, 3.8) is 0 Å². The van der Waals surface area contributed by atoms with Crippen LogP contribution >= 0.6 is 0 Å². The Morgan fingerprint density at radius 3 is 1.90 bits per heavy atom. The summed E-state index contributed by atoms with van der Waals surface area (Å²) < 4.78 is 5.17. The first-order chi connectivity index (χ1) is 9.60. The highest BCUT2D eigenvalue weighted by Gasteiger charge is 2.06. The summed E-state index contributed by atoms with van der Waals surface area (Å²) in [5.41, 5.74) is 4.17. The highest BCUT2D eigenvalue weighted by atomic mass is 16.5. The van der Waals surface area contributed by atoms with Crippen molar-refractivity contribution in [2.45, 2.75) is 13.8 Å². The van der Waals surface area contributed by atoms with Gasteiger partial charge in [-0.15, -0.1) is 0 Å². The molecule has 0 fully saturated rings. The molecule has 0 saturated heterocycles. The lowest BCUT2D eigenvalue weighted by Gasteiger charge is -2.09. The van der Waals surface area contributed by atoms with Crippen molar-refractivity contribution in [3.8, 4) is 5.75 Å². The third kappa shape index (κ3) is 3.35. The molecule has 2 rings (SSSR count). The first kappa shape index (κ1) is 14.1. The van der Waals surface area contributed by atoms with Crippen LogP contribution in [0.4, 0.5) is 0 Å². The molecule has 2 aromatic carbocycles. The minimum absolute atomic E-state index is 0.0383. The topological polar surface area (TPSA) is 26.3 Å². The highest BCUT2D eigenvalue weighted by molar-refractivity contribution is 5.99. The van der Waals surface area contributed by atoms with E-state index in [9.17, 15) is 4.79 Å². The Bertz CT molecular complexity index is 619. The first-order valence-corrected chi connectivity index (χ1v) is 6.54. The molecule has 0 aliphatic heterocycles. The van der Waals surface area contributed by atoms with Crippen molar-refractivity contribution in [1.82, 2.24) is 0 Å². The van der Waals surface area contributed by atoms with Crippen LogP contribution in [0.5, 0.6) is 5.75 Å². The van der Waals surface area contributed by atoms with E-state index in [1.54, 1.807) is 20.1 Å². The van der Waals surface area contributed by atoms with Crippen LogP contribution < -0.4 is 4.74 Å². The van der Waals surface area contributed by atoms with Gasteiger partial charge in [-0.3, -0.25) is 4.79 Å². The van der Waals surface area contributed by atoms with E-state index in [0.717, 1.165) is 22.4 Å². The second-order valence-corrected chi connectivity index (χ2v) is 4.76. The maximum Gasteiger partial charge on any atom is 0.153 e. The molecule has 0 aliphatic rings. The molecule has 0 aromatic heterocycles. The van der Waals surface area contributed by atoms with Crippen molar-refractivity contribution >= 4 is 11.4 Å². The molecule has 0 radical (unpaired) electrons. The lowest BCUT2D eigenvalue weighted by molar-refractivity contribution is -0.112. The van der Waals surface area contributed by atoms with Gasteiger partial charge in [-0.25, -0.2) is 0 Å². The number of rotatable bonds is 4. The number of carbonyl (C=O) groups excluding carboxylic acids is 1. The standard InChI is InChI=1S/C18H18O2/c1-13-4-6-15(7-5-13)18(12-14(2)19)16-8-10-17(20-3)11-9-16/h4-12H,1-3H3/b18-12-. The van der Waals surface area contributed by atoms with E-state index >= 15 is 0 Å². The molecule has 0 amide bonds. The zero-order valence-corrected chi connectivity index (χ0v) is 12.0. The summed E-state index contributed by atoms with van der Waals surface area (Å²) in [7, 11) is 1.64. The Morgan fingerprint density at radius 2 is 1.45 bits per heavy atom. The minimum Gasteiger partial charge on any atom is -0.497 e. The van der Waals surface area contributed by atoms with Gasteiger partial charge < -0.3 is 4.74 Å². The molecule has 2 nitrogen and oxygen atoms in total. The largest absolute Gasteiger partial charge is 0.497 e. The van der Waals surface area contributed by atoms with Crippen LogP contribution in [-0.2, 0) is 4.79 Å². The van der Waals surface area contributed by atoms with Crippen LogP contribution in [0.2, 0.25) is 0 Å². The van der Waals surface area contributed by atoms with Gasteiger partial charge in [0, 0.05) is 0 Å². The van der Waals surface area contributed by atoms with Gasteiger partial charge >= 0.3 is 0 Å². The number of hydrogen-bond donors (Lipinski definition) is 0. The molecule has 0 unspecified atom stereocenters. The van der Waals surface area contributed by atoms with E-state index in [-0.39, 0.29) is 5.78 Å². The monoisotopic (exact) mass is 266 g/mol. The van der Waals surface area contributed by atoms with Gasteiger partial charge in [-0.1, -0.05) is 42.0 Å². The smallest absolute Gasteiger partial charge is 0.153 e. The summed E-state index contributed by atoms with van der Waals surface area (Å²) in [5, 5.41) is 0. The average Bonchev–Trinajstić information content (AvgIpc) is 2.46. The lowest BCUT2D eigenvalue weighted by atomic mass is 9.96. The third-order valence-corrected chi connectivity index (χ3v) is 3.11. The van der Waals surface area contributed by atoms with E-state index in [1.807, 2.05) is 55.5 Å². The molecule has 0 aliphatic carbocycles. The first-order valence-electron chi connectivity index (χ1n) is 6.54. The van der Waals surface area contributed by atoms with Crippen LogP contribution in [0.1, 0.15) is 23.6 Å². The third-order valence-electron chi connectivity index (χ3n) is 3.11. The van der Waals surface area contributed by atoms with Gasteiger partial charge in [0.2, 0.25) is 0 Å². The van der Waals surface area contributed by atoms with Crippen molar-refractivity contribution in [2.24, 2.45) is 0 Å². The zero-order chi connectivity index (χ0) is 14.5. The number of methoxy groups -OCH3 is 1. The SMILES string of the molecule is COc1ccc(/C(=C\C(C)=O)c2ccc(C)cc2)cc1. The summed E-state index contributed by atoms with van der Waals surface area (Å²) in [4.78, 5) is 11.5. The van der Waals surface area contributed by atoms with Gasteiger partial charge in [-0.05, 0) is 48.8 Å². The van der Waals surface area contributed by atoms with E-state index in [2.05, 4.69) is 0 Å². The maximum atomic E-state index is 11.5. The lowest BCUT2D eigenvalue weighted by Crippen LogP contribution is -1.93. The summed E-state index contributed by atoms with van der Waals surface area (Å²) in [6.45, 7) is 3.61. The molecular formula is C18H18O2. The molecular weight excluding hydrogens is 248 g/mol. The average molecular weight is 266 g/mol. The van der Waals surface area contributed by atoms with E-state index in [1.165, 1.54) is 5.56 Å². The molecule has 2 heteroatoms. The highest BCUT2D eigenvalue weighted by Crippen LogP contribution is 2.25. The van der Waals surface area contributed by atoms with Crippen molar-refractivity contribution in [3.05, 3.63) is 71.3 Å². The summed E-state index contributed by atoms with van der Waals surface area (Å²) in [5.74, 6) is 0.844. The molecule has 0 saturated carbocycles. The number of ether oxygens (including phenoxy) is 1. The second-order valence-electron chi connectivity index (χ2n) is 4.76. The van der Waals surface area contributed by atoms with Gasteiger partial charge in [0.05, 0.1) is 7.11 Å². The van der Waals surface area contributed by atoms with Crippen molar-refractivity contribution in [1.29, 1.82) is 0 Å². The van der Waals surface area contributed by atoms with Crippen LogP contribution in [0.25, 0.3) is 5.57 Å². The molecule has 0 N–H and O–H groups in total. The molecule has 0 heterocycles. The zero-order valence-electron chi connectivity index (χ0n) is 12.0. The normalized spacial score (nSPS) is 11.2. The van der Waals surface area contributed by atoms with E-state index in [0.29, 0.717) is 0 Å². The fourth-order valence-electron chi connectivity index (χ4n) is 2.04. The number of allylic oxidation sites excluding steroid dienone is 1. The van der Waals surface area contributed by atoms with Crippen molar-refractivity contribution < 1.29 is 9.53 Å². The number of aryl methyl sites for hydroxylation is 1. The van der Waals surface area contributed by atoms with Gasteiger partial charge in [-0.2, -0.15) is 0 Å². The molecule has 0 bridgehead atoms. The van der Waals surface area contributed by atoms with E-state index in [4.69, 9.17) is 4.74 Å². The van der Waals surface area contributed by atoms with Crippen LogP contribution in [0, 0.1) is 6.92 Å². The number of carbonyl (C=O) groups is 1.